The number of hydrogen-bond acceptors (Lipinski definition) is 5. The van der Waals surface area contributed by atoms with Crippen LogP contribution in [0.5, 0.6) is 0 Å². The van der Waals surface area contributed by atoms with Crippen molar-refractivity contribution < 1.29 is 18.0 Å². The number of halogens is 3. The number of amides is 1. The maximum atomic E-state index is 12.2. The van der Waals surface area contributed by atoms with Gasteiger partial charge in [-0.15, -0.1) is 10.2 Å². The summed E-state index contributed by atoms with van der Waals surface area (Å²) in [7, 11) is 1.50. The Morgan fingerprint density at radius 1 is 1.44 bits per heavy atom. The van der Waals surface area contributed by atoms with Gasteiger partial charge in [0.1, 0.15) is 5.69 Å². The second-order valence-electron chi connectivity index (χ2n) is 3.18. The second-order valence-corrected chi connectivity index (χ2v) is 3.18. The number of carbonyl (C=O) groups excluding carboxylic acids is 1. The number of nitrogens with one attached hydrogen (secondary N) is 1. The highest BCUT2D eigenvalue weighted by atomic mass is 19.4. The van der Waals surface area contributed by atoms with E-state index in [9.17, 15) is 18.0 Å². The first-order valence-electron chi connectivity index (χ1n) is 4.54. The van der Waals surface area contributed by atoms with Gasteiger partial charge < -0.3 is 0 Å². The molecule has 18 heavy (non-hydrogen) atoms. The lowest BCUT2D eigenvalue weighted by Gasteiger charge is -2.02. The van der Waals surface area contributed by atoms with Gasteiger partial charge >= 0.3 is 6.18 Å². The molecule has 0 aliphatic carbocycles. The summed E-state index contributed by atoms with van der Waals surface area (Å²) in [6, 6.07) is 1.39. The SMILES string of the molecule is Cn1nccc1C(=O)Nn1nnc(C(F)(F)F)n1. The van der Waals surface area contributed by atoms with Gasteiger partial charge in [0, 0.05) is 13.2 Å². The molecule has 96 valence electrons. The molecule has 8 nitrogen and oxygen atoms in total. The molecule has 0 bridgehead atoms. The van der Waals surface area contributed by atoms with Crippen molar-refractivity contribution in [1.82, 2.24) is 30.1 Å². The van der Waals surface area contributed by atoms with Crippen LogP contribution in [0.2, 0.25) is 0 Å². The van der Waals surface area contributed by atoms with Crippen LogP contribution >= 0.6 is 0 Å². The molecule has 0 aromatic carbocycles. The van der Waals surface area contributed by atoms with E-state index in [1.807, 2.05) is 5.43 Å². The highest BCUT2D eigenvalue weighted by Gasteiger charge is 2.37. The summed E-state index contributed by atoms with van der Waals surface area (Å²) in [6.45, 7) is 0. The van der Waals surface area contributed by atoms with Gasteiger partial charge in [-0.05, 0) is 11.3 Å². The zero-order valence-corrected chi connectivity index (χ0v) is 8.88. The molecule has 11 heteroatoms. The van der Waals surface area contributed by atoms with Gasteiger partial charge in [0.2, 0.25) is 0 Å². The molecule has 0 aliphatic rings. The van der Waals surface area contributed by atoms with Crippen molar-refractivity contribution in [2.45, 2.75) is 6.18 Å². The molecule has 0 spiro atoms. The molecular weight excluding hydrogens is 255 g/mol. The molecule has 2 heterocycles. The molecule has 0 atom stereocenters. The van der Waals surface area contributed by atoms with E-state index in [1.54, 1.807) is 0 Å². The minimum absolute atomic E-state index is 0.140. The Morgan fingerprint density at radius 2 is 2.17 bits per heavy atom. The maximum absolute atomic E-state index is 12.2. The van der Waals surface area contributed by atoms with Crippen molar-refractivity contribution in [1.29, 1.82) is 0 Å². The molecule has 1 N–H and O–H groups in total. The standard InChI is InChI=1S/C7H6F3N7O/c1-16-4(2-3-11-16)5(18)13-17-14-6(12-15-17)7(8,9)10/h2-3H,1H3,(H,13,18). The van der Waals surface area contributed by atoms with Gasteiger partial charge in [-0.3, -0.25) is 9.48 Å². The molecule has 2 aromatic rings. The molecule has 0 radical (unpaired) electrons. The van der Waals surface area contributed by atoms with E-state index >= 15 is 0 Å². The molecule has 0 unspecified atom stereocenters. The molecule has 0 fully saturated rings. The summed E-state index contributed by atoms with van der Waals surface area (Å²) in [6.07, 6.45) is -3.35. The van der Waals surface area contributed by atoms with Crippen molar-refractivity contribution in [3.63, 3.8) is 0 Å². The number of hydrogen-bond donors (Lipinski definition) is 1. The Labute approximate surface area is 97.4 Å². The summed E-state index contributed by atoms with van der Waals surface area (Å²) >= 11 is 0. The van der Waals surface area contributed by atoms with E-state index in [-0.39, 0.29) is 5.69 Å². The van der Waals surface area contributed by atoms with E-state index in [2.05, 4.69) is 20.5 Å². The van der Waals surface area contributed by atoms with Crippen LogP contribution in [0.25, 0.3) is 0 Å². The fourth-order valence-electron chi connectivity index (χ4n) is 1.12. The highest BCUT2D eigenvalue weighted by Crippen LogP contribution is 2.24. The zero-order valence-electron chi connectivity index (χ0n) is 8.88. The quantitative estimate of drug-likeness (QED) is 0.809. The normalized spacial score (nSPS) is 11.6. The Hall–Kier alpha value is -2.46. The number of carbonyl (C=O) groups is 1. The van der Waals surface area contributed by atoms with Crippen LogP contribution in [-0.4, -0.2) is 36.0 Å². The Balaban J connectivity index is 2.13. The van der Waals surface area contributed by atoms with Crippen molar-refractivity contribution in [3.05, 3.63) is 23.8 Å². The number of nitrogens with zero attached hydrogens (tertiary/aromatic N) is 6. The molecular formula is C7H6F3N7O. The van der Waals surface area contributed by atoms with Crippen molar-refractivity contribution in [2.24, 2.45) is 7.05 Å². The summed E-state index contributed by atoms with van der Waals surface area (Å²) in [5.41, 5.74) is 2.15. The summed E-state index contributed by atoms with van der Waals surface area (Å²) in [5.74, 6) is -2.14. The van der Waals surface area contributed by atoms with Gasteiger partial charge in [-0.2, -0.15) is 18.3 Å². The average molecular weight is 261 g/mol. The van der Waals surface area contributed by atoms with Crippen LogP contribution in [0, 0.1) is 0 Å². The minimum atomic E-state index is -4.71. The maximum Gasteiger partial charge on any atom is 0.455 e. The summed E-state index contributed by atoms with van der Waals surface area (Å²) in [5, 5.41) is 12.5. The Kier molecular flexibility index (Phi) is 2.73. The fraction of sp³-hybridized carbons (Fsp3) is 0.286. The lowest BCUT2D eigenvalue weighted by molar-refractivity contribution is -0.145. The van der Waals surface area contributed by atoms with Crippen LogP contribution in [0.15, 0.2) is 12.3 Å². The van der Waals surface area contributed by atoms with Gasteiger partial charge in [-0.1, -0.05) is 4.91 Å². The second kappa shape index (κ2) is 4.09. The molecule has 0 saturated heterocycles. The number of rotatable bonds is 2. The summed E-state index contributed by atoms with van der Waals surface area (Å²) < 4.78 is 37.8. The third-order valence-electron chi connectivity index (χ3n) is 1.92. The van der Waals surface area contributed by atoms with Crippen LogP contribution in [-0.2, 0) is 13.2 Å². The summed E-state index contributed by atoms with van der Waals surface area (Å²) in [4.78, 5) is 11.9. The van der Waals surface area contributed by atoms with Crippen molar-refractivity contribution in [2.75, 3.05) is 5.43 Å². The number of aryl methyl sites for hydroxylation is 1. The van der Waals surface area contributed by atoms with E-state index in [4.69, 9.17) is 0 Å². The van der Waals surface area contributed by atoms with Crippen molar-refractivity contribution in [3.8, 4) is 0 Å². The van der Waals surface area contributed by atoms with E-state index < -0.39 is 17.9 Å². The predicted octanol–water partition coefficient (Wildman–Crippen LogP) is -0.191. The Morgan fingerprint density at radius 3 is 2.67 bits per heavy atom. The number of alkyl halides is 3. The van der Waals surface area contributed by atoms with E-state index in [1.165, 1.54) is 24.0 Å². The molecule has 2 rings (SSSR count). The third kappa shape index (κ3) is 2.28. The topological polar surface area (TPSA) is 90.5 Å². The first kappa shape index (κ1) is 12.0. The minimum Gasteiger partial charge on any atom is -0.266 e. The fourth-order valence-corrected chi connectivity index (χ4v) is 1.12. The molecule has 0 aliphatic heterocycles. The lowest BCUT2D eigenvalue weighted by Crippen LogP contribution is -2.27. The first-order chi connectivity index (χ1) is 8.38. The van der Waals surface area contributed by atoms with Crippen LogP contribution in [0.1, 0.15) is 16.3 Å². The monoisotopic (exact) mass is 261 g/mol. The third-order valence-corrected chi connectivity index (χ3v) is 1.92. The largest absolute Gasteiger partial charge is 0.455 e. The van der Waals surface area contributed by atoms with Crippen LogP contribution in [0.3, 0.4) is 0 Å². The van der Waals surface area contributed by atoms with Gasteiger partial charge in [-0.25, -0.2) is 5.43 Å². The zero-order chi connectivity index (χ0) is 13.3. The number of tetrazole rings is 1. The van der Waals surface area contributed by atoms with Gasteiger partial charge in [0.05, 0.1) is 0 Å². The number of aromatic nitrogens is 6. The molecule has 2 aromatic heterocycles. The Bertz CT molecular complexity index is 572. The van der Waals surface area contributed by atoms with Gasteiger partial charge in [0.15, 0.2) is 0 Å². The van der Waals surface area contributed by atoms with Gasteiger partial charge in [0.25, 0.3) is 11.7 Å². The van der Waals surface area contributed by atoms with Crippen molar-refractivity contribution >= 4 is 5.91 Å². The predicted molar refractivity (Wildman–Crippen MR) is 49.7 cm³/mol. The molecule has 1 amide bonds. The lowest BCUT2D eigenvalue weighted by atomic mass is 10.4. The van der Waals surface area contributed by atoms with Crippen LogP contribution < -0.4 is 5.43 Å². The van der Waals surface area contributed by atoms with E-state index in [0.717, 1.165) is 0 Å². The van der Waals surface area contributed by atoms with E-state index in [0.29, 0.717) is 4.91 Å². The molecule has 0 saturated carbocycles. The smallest absolute Gasteiger partial charge is 0.266 e. The van der Waals surface area contributed by atoms with Crippen LogP contribution in [0.4, 0.5) is 13.2 Å². The first-order valence-corrected chi connectivity index (χ1v) is 4.54. The highest BCUT2D eigenvalue weighted by molar-refractivity contribution is 5.98. The average Bonchev–Trinajstić information content (AvgIpc) is 2.85.